The van der Waals surface area contributed by atoms with Crippen LogP contribution < -0.4 is 11.1 Å². The molecule has 96 valence electrons. The predicted molar refractivity (Wildman–Crippen MR) is 66.4 cm³/mol. The Hall–Kier alpha value is -0.610. The smallest absolute Gasteiger partial charge is 0.320 e. The van der Waals surface area contributed by atoms with Crippen LogP contribution in [0.25, 0.3) is 0 Å². The molecule has 0 radical (unpaired) electrons. The van der Waals surface area contributed by atoms with Crippen molar-refractivity contribution in [3.63, 3.8) is 0 Å². The molecule has 0 saturated carbocycles. The number of carbonyl (C=O) groups is 1. The number of carboxylic acid groups (broad SMARTS) is 1. The van der Waals surface area contributed by atoms with E-state index < -0.39 is 12.0 Å². The second-order valence-corrected chi connectivity index (χ2v) is 5.50. The summed E-state index contributed by atoms with van der Waals surface area (Å²) in [5.41, 5.74) is 5.77. The summed E-state index contributed by atoms with van der Waals surface area (Å²) in [4.78, 5) is 10.4. The van der Waals surface area contributed by atoms with Crippen LogP contribution in [0.5, 0.6) is 0 Å². The lowest BCUT2D eigenvalue weighted by Crippen LogP contribution is -2.30. The molecule has 0 unspecified atom stereocenters. The summed E-state index contributed by atoms with van der Waals surface area (Å²) in [6, 6.07) is -0.699. The first kappa shape index (κ1) is 15.4. The van der Waals surface area contributed by atoms with E-state index in [-0.39, 0.29) is 0 Å². The SMILES string of the molecule is CC(C)(C)CCNCCCC[C@@H](N)C(=O)O. The molecule has 0 aromatic carbocycles. The normalized spacial score (nSPS) is 13.8. The number of nitrogens with two attached hydrogens (primary N) is 1. The monoisotopic (exact) mass is 230 g/mol. The van der Waals surface area contributed by atoms with Crippen LogP contribution in [-0.4, -0.2) is 30.2 Å². The summed E-state index contributed by atoms with van der Waals surface area (Å²) in [7, 11) is 0. The highest BCUT2D eigenvalue weighted by molar-refractivity contribution is 5.72. The van der Waals surface area contributed by atoms with Crippen molar-refractivity contribution >= 4 is 5.97 Å². The molecular formula is C12H26N2O2. The molecule has 0 bridgehead atoms. The second-order valence-electron chi connectivity index (χ2n) is 5.50. The van der Waals surface area contributed by atoms with Crippen LogP contribution in [-0.2, 0) is 4.79 Å². The third-order valence-electron chi connectivity index (χ3n) is 2.49. The van der Waals surface area contributed by atoms with E-state index in [9.17, 15) is 4.79 Å². The number of hydrogen-bond donors (Lipinski definition) is 3. The van der Waals surface area contributed by atoms with Crippen molar-refractivity contribution in [2.24, 2.45) is 11.1 Å². The van der Waals surface area contributed by atoms with Crippen molar-refractivity contribution in [2.75, 3.05) is 13.1 Å². The van der Waals surface area contributed by atoms with E-state index in [2.05, 4.69) is 26.1 Å². The summed E-state index contributed by atoms with van der Waals surface area (Å²) in [6.45, 7) is 8.64. The van der Waals surface area contributed by atoms with Crippen LogP contribution >= 0.6 is 0 Å². The number of nitrogens with one attached hydrogen (secondary N) is 1. The predicted octanol–water partition coefficient (Wildman–Crippen LogP) is 1.59. The van der Waals surface area contributed by atoms with Crippen molar-refractivity contribution in [1.82, 2.24) is 5.32 Å². The Morgan fingerprint density at radius 1 is 1.31 bits per heavy atom. The van der Waals surface area contributed by atoms with Crippen molar-refractivity contribution in [1.29, 1.82) is 0 Å². The fraction of sp³-hybridized carbons (Fsp3) is 0.917. The Morgan fingerprint density at radius 2 is 1.94 bits per heavy atom. The van der Waals surface area contributed by atoms with Crippen LogP contribution in [0.2, 0.25) is 0 Å². The van der Waals surface area contributed by atoms with Crippen molar-refractivity contribution < 1.29 is 9.90 Å². The zero-order valence-corrected chi connectivity index (χ0v) is 10.8. The Kier molecular flexibility index (Phi) is 7.34. The molecule has 0 aliphatic rings. The third-order valence-corrected chi connectivity index (χ3v) is 2.49. The molecule has 16 heavy (non-hydrogen) atoms. The Balaban J connectivity index is 3.25. The number of unbranched alkanes of at least 4 members (excludes halogenated alkanes) is 1. The van der Waals surface area contributed by atoms with Gasteiger partial charge in [0.25, 0.3) is 0 Å². The van der Waals surface area contributed by atoms with Gasteiger partial charge in [-0.25, -0.2) is 0 Å². The lowest BCUT2D eigenvalue weighted by Gasteiger charge is -2.18. The van der Waals surface area contributed by atoms with Gasteiger partial charge in [-0.2, -0.15) is 0 Å². The Labute approximate surface area is 98.6 Å². The fourth-order valence-electron chi connectivity index (χ4n) is 1.33. The van der Waals surface area contributed by atoms with Crippen LogP contribution in [0, 0.1) is 5.41 Å². The van der Waals surface area contributed by atoms with Crippen molar-refractivity contribution in [3.05, 3.63) is 0 Å². The molecule has 0 aliphatic heterocycles. The zero-order chi connectivity index (χ0) is 12.6. The van der Waals surface area contributed by atoms with Crippen LogP contribution in [0.3, 0.4) is 0 Å². The summed E-state index contributed by atoms with van der Waals surface area (Å²) in [5, 5.41) is 11.9. The van der Waals surface area contributed by atoms with E-state index in [4.69, 9.17) is 10.8 Å². The first-order valence-electron chi connectivity index (χ1n) is 6.02. The average molecular weight is 230 g/mol. The van der Waals surface area contributed by atoms with Gasteiger partial charge in [0.15, 0.2) is 0 Å². The van der Waals surface area contributed by atoms with Gasteiger partial charge in [0, 0.05) is 0 Å². The summed E-state index contributed by atoms with van der Waals surface area (Å²) in [5.74, 6) is -0.902. The summed E-state index contributed by atoms with van der Waals surface area (Å²) in [6.07, 6.45) is 3.58. The van der Waals surface area contributed by atoms with E-state index in [1.807, 2.05) is 0 Å². The van der Waals surface area contributed by atoms with E-state index >= 15 is 0 Å². The number of hydrogen-bond acceptors (Lipinski definition) is 3. The molecule has 4 nitrogen and oxygen atoms in total. The minimum Gasteiger partial charge on any atom is -0.480 e. The molecule has 4 N–H and O–H groups in total. The maximum Gasteiger partial charge on any atom is 0.320 e. The number of aliphatic carboxylic acids is 1. The van der Waals surface area contributed by atoms with Gasteiger partial charge in [-0.3, -0.25) is 4.79 Å². The van der Waals surface area contributed by atoms with Gasteiger partial charge in [0.1, 0.15) is 6.04 Å². The van der Waals surface area contributed by atoms with Crippen molar-refractivity contribution in [3.8, 4) is 0 Å². The van der Waals surface area contributed by atoms with Gasteiger partial charge in [0.2, 0.25) is 0 Å². The first-order chi connectivity index (χ1) is 7.33. The Morgan fingerprint density at radius 3 is 2.44 bits per heavy atom. The standard InChI is InChI=1S/C12H26N2O2/c1-12(2,3)7-9-14-8-5-4-6-10(13)11(15)16/h10,14H,4-9,13H2,1-3H3,(H,15,16)/t10-/m1/s1. The Bertz CT molecular complexity index is 200. The summed E-state index contributed by atoms with van der Waals surface area (Å²) < 4.78 is 0. The molecule has 0 saturated heterocycles. The molecule has 0 amide bonds. The minimum absolute atomic E-state index is 0.374. The highest BCUT2D eigenvalue weighted by Gasteiger charge is 2.10. The molecule has 0 aliphatic carbocycles. The summed E-state index contributed by atoms with van der Waals surface area (Å²) >= 11 is 0. The van der Waals surface area contributed by atoms with Crippen LogP contribution in [0.1, 0.15) is 46.5 Å². The van der Waals surface area contributed by atoms with Gasteiger partial charge in [0.05, 0.1) is 0 Å². The van der Waals surface area contributed by atoms with Gasteiger partial charge in [-0.15, -0.1) is 0 Å². The topological polar surface area (TPSA) is 75.3 Å². The molecular weight excluding hydrogens is 204 g/mol. The van der Waals surface area contributed by atoms with Gasteiger partial charge in [-0.05, 0) is 37.8 Å². The second kappa shape index (κ2) is 7.63. The molecule has 0 heterocycles. The highest BCUT2D eigenvalue weighted by Crippen LogP contribution is 2.16. The largest absolute Gasteiger partial charge is 0.480 e. The fourth-order valence-corrected chi connectivity index (χ4v) is 1.33. The van der Waals surface area contributed by atoms with Crippen LogP contribution in [0.4, 0.5) is 0 Å². The molecule has 0 fully saturated rings. The van der Waals surface area contributed by atoms with E-state index in [1.54, 1.807) is 0 Å². The quantitative estimate of drug-likeness (QED) is 0.554. The molecule has 0 aromatic rings. The van der Waals surface area contributed by atoms with E-state index in [0.29, 0.717) is 11.8 Å². The minimum atomic E-state index is -0.902. The average Bonchev–Trinajstić information content (AvgIpc) is 2.14. The maximum atomic E-state index is 10.4. The molecule has 0 aromatic heterocycles. The zero-order valence-electron chi connectivity index (χ0n) is 10.8. The first-order valence-corrected chi connectivity index (χ1v) is 6.02. The highest BCUT2D eigenvalue weighted by atomic mass is 16.4. The lowest BCUT2D eigenvalue weighted by atomic mass is 9.92. The number of carboxylic acids is 1. The van der Waals surface area contributed by atoms with Gasteiger partial charge in [-0.1, -0.05) is 27.2 Å². The van der Waals surface area contributed by atoms with Gasteiger partial charge < -0.3 is 16.2 Å². The molecule has 0 rings (SSSR count). The third kappa shape index (κ3) is 9.93. The number of rotatable bonds is 8. The van der Waals surface area contributed by atoms with Gasteiger partial charge >= 0.3 is 5.97 Å². The van der Waals surface area contributed by atoms with E-state index in [1.165, 1.54) is 0 Å². The molecule has 0 spiro atoms. The maximum absolute atomic E-state index is 10.4. The van der Waals surface area contributed by atoms with Crippen molar-refractivity contribution in [2.45, 2.75) is 52.5 Å². The molecule has 4 heteroatoms. The molecule has 1 atom stereocenters. The van der Waals surface area contributed by atoms with Crippen LogP contribution in [0.15, 0.2) is 0 Å². The lowest BCUT2D eigenvalue weighted by molar-refractivity contribution is -0.138. The van der Waals surface area contributed by atoms with E-state index in [0.717, 1.165) is 32.4 Å².